The van der Waals surface area contributed by atoms with Crippen LogP contribution in [-0.4, -0.2) is 32.1 Å². The molecule has 4 nitrogen and oxygen atoms in total. The Morgan fingerprint density at radius 3 is 2.57 bits per heavy atom. The Hall–Kier alpha value is -1.13. The molecule has 2 fully saturated rings. The van der Waals surface area contributed by atoms with Crippen molar-refractivity contribution in [3.8, 4) is 0 Å². The molecular formula is C17H26O4. The zero-order valence-corrected chi connectivity index (χ0v) is 13.3. The molecular weight excluding hydrogens is 268 g/mol. The molecule has 4 heteroatoms. The minimum atomic E-state index is -0.375. The van der Waals surface area contributed by atoms with E-state index in [2.05, 4.69) is 24.7 Å². The van der Waals surface area contributed by atoms with E-state index in [0.717, 1.165) is 45.3 Å². The van der Waals surface area contributed by atoms with E-state index in [-0.39, 0.29) is 17.2 Å². The highest BCUT2D eigenvalue weighted by molar-refractivity contribution is 5.81. The first kappa shape index (κ1) is 16.2. The van der Waals surface area contributed by atoms with E-state index in [1.54, 1.807) is 0 Å². The van der Waals surface area contributed by atoms with Crippen molar-refractivity contribution in [1.29, 1.82) is 0 Å². The maximum Gasteiger partial charge on any atom is 0.330 e. The molecule has 0 unspecified atom stereocenters. The lowest BCUT2D eigenvalue weighted by atomic mass is 9.95. The lowest BCUT2D eigenvalue weighted by Crippen LogP contribution is -2.39. The molecule has 21 heavy (non-hydrogen) atoms. The Labute approximate surface area is 127 Å². The number of hydrogen-bond donors (Lipinski definition) is 0. The summed E-state index contributed by atoms with van der Waals surface area (Å²) in [6, 6.07) is 0. The van der Waals surface area contributed by atoms with Gasteiger partial charge in [0.05, 0.1) is 20.3 Å². The summed E-state index contributed by atoms with van der Waals surface area (Å²) >= 11 is 0. The van der Waals surface area contributed by atoms with Gasteiger partial charge in [0.1, 0.15) is 0 Å². The van der Waals surface area contributed by atoms with Gasteiger partial charge in [-0.05, 0) is 31.3 Å². The molecule has 0 N–H and O–H groups in total. The van der Waals surface area contributed by atoms with Crippen LogP contribution >= 0.6 is 0 Å². The topological polar surface area (TPSA) is 44.8 Å². The maximum absolute atomic E-state index is 10.9. The Morgan fingerprint density at radius 2 is 1.90 bits per heavy atom. The van der Waals surface area contributed by atoms with Gasteiger partial charge in [-0.3, -0.25) is 0 Å². The van der Waals surface area contributed by atoms with Crippen molar-refractivity contribution in [3.63, 3.8) is 0 Å². The standard InChI is InChI=1S/C17H26O4/c1-16(2)12-20-17(21-13-16)11-14(17)9-7-5-4-6-8-10-15(18)19-3/h8-10H,4-7,11-13H2,1-3H3/b10-8-,14-9+. The molecule has 0 bridgehead atoms. The molecule has 0 aromatic heterocycles. The molecule has 0 aromatic carbocycles. The minimum absolute atomic E-state index is 0.130. The van der Waals surface area contributed by atoms with Gasteiger partial charge in [0.15, 0.2) is 5.79 Å². The van der Waals surface area contributed by atoms with Crippen molar-refractivity contribution in [2.24, 2.45) is 5.41 Å². The number of unbranched alkanes of at least 4 members (excludes halogenated alkanes) is 3. The number of rotatable bonds is 6. The second kappa shape index (κ2) is 6.75. The summed E-state index contributed by atoms with van der Waals surface area (Å²) in [5.74, 6) is -0.660. The number of ether oxygens (including phenoxy) is 3. The third-order valence-electron chi connectivity index (χ3n) is 3.85. The quantitative estimate of drug-likeness (QED) is 0.326. The molecule has 0 radical (unpaired) electrons. The minimum Gasteiger partial charge on any atom is -0.466 e. The third kappa shape index (κ3) is 4.68. The first-order chi connectivity index (χ1) is 9.97. The van der Waals surface area contributed by atoms with Crippen molar-refractivity contribution in [3.05, 3.63) is 23.8 Å². The zero-order chi connectivity index (χ0) is 15.3. The van der Waals surface area contributed by atoms with Crippen molar-refractivity contribution < 1.29 is 19.0 Å². The summed E-state index contributed by atoms with van der Waals surface area (Å²) in [6.45, 7) is 5.85. The van der Waals surface area contributed by atoms with Gasteiger partial charge in [0.25, 0.3) is 0 Å². The van der Waals surface area contributed by atoms with E-state index in [0.29, 0.717) is 0 Å². The van der Waals surface area contributed by atoms with Crippen LogP contribution in [-0.2, 0) is 19.0 Å². The van der Waals surface area contributed by atoms with Crippen LogP contribution in [0.1, 0.15) is 46.0 Å². The van der Waals surface area contributed by atoms with Crippen molar-refractivity contribution in [1.82, 2.24) is 0 Å². The predicted octanol–water partition coefficient (Wildman–Crippen LogP) is 3.38. The van der Waals surface area contributed by atoms with Crippen LogP contribution in [0, 0.1) is 5.41 Å². The molecule has 0 atom stereocenters. The number of esters is 1. The molecule has 2 aliphatic rings. The predicted molar refractivity (Wildman–Crippen MR) is 80.7 cm³/mol. The van der Waals surface area contributed by atoms with Crippen LogP contribution in [0.2, 0.25) is 0 Å². The van der Waals surface area contributed by atoms with E-state index in [1.807, 2.05) is 6.08 Å². The molecule has 1 aliphatic carbocycles. The summed E-state index contributed by atoms with van der Waals surface area (Å²) < 4.78 is 16.3. The lowest BCUT2D eigenvalue weighted by Gasteiger charge is -2.34. The van der Waals surface area contributed by atoms with Crippen molar-refractivity contribution >= 4 is 5.97 Å². The van der Waals surface area contributed by atoms with Gasteiger partial charge in [-0.25, -0.2) is 4.79 Å². The van der Waals surface area contributed by atoms with Crippen LogP contribution in [0.25, 0.3) is 0 Å². The van der Waals surface area contributed by atoms with E-state index < -0.39 is 0 Å². The molecule has 0 amide bonds. The fourth-order valence-corrected chi connectivity index (χ4v) is 2.36. The number of carbonyl (C=O) groups excluding carboxylic acids is 1. The highest BCUT2D eigenvalue weighted by atomic mass is 16.7. The largest absolute Gasteiger partial charge is 0.466 e. The van der Waals surface area contributed by atoms with Gasteiger partial charge in [-0.1, -0.05) is 26.0 Å². The molecule has 118 valence electrons. The van der Waals surface area contributed by atoms with Crippen LogP contribution in [0.3, 0.4) is 0 Å². The van der Waals surface area contributed by atoms with Crippen molar-refractivity contribution in [2.75, 3.05) is 20.3 Å². The van der Waals surface area contributed by atoms with E-state index in [9.17, 15) is 4.79 Å². The first-order valence-electron chi connectivity index (χ1n) is 7.69. The van der Waals surface area contributed by atoms with Crippen LogP contribution in [0.4, 0.5) is 0 Å². The summed E-state index contributed by atoms with van der Waals surface area (Å²) in [5.41, 5.74) is 1.42. The molecule has 2 rings (SSSR count). The van der Waals surface area contributed by atoms with Crippen LogP contribution in [0.5, 0.6) is 0 Å². The van der Waals surface area contributed by atoms with Crippen LogP contribution < -0.4 is 0 Å². The number of allylic oxidation sites excluding steroid dienone is 2. The highest BCUT2D eigenvalue weighted by Gasteiger charge is 2.55. The van der Waals surface area contributed by atoms with E-state index in [4.69, 9.17) is 9.47 Å². The van der Waals surface area contributed by atoms with Crippen molar-refractivity contribution in [2.45, 2.75) is 51.7 Å². The fourth-order valence-electron chi connectivity index (χ4n) is 2.36. The number of methoxy groups -OCH3 is 1. The molecule has 1 saturated carbocycles. The Bertz CT molecular complexity index is 424. The summed E-state index contributed by atoms with van der Waals surface area (Å²) in [7, 11) is 1.39. The normalized spacial score (nSPS) is 24.6. The lowest BCUT2D eigenvalue weighted by molar-refractivity contribution is -0.233. The third-order valence-corrected chi connectivity index (χ3v) is 3.85. The molecule has 1 aliphatic heterocycles. The monoisotopic (exact) mass is 294 g/mol. The Morgan fingerprint density at radius 1 is 1.24 bits per heavy atom. The zero-order valence-electron chi connectivity index (χ0n) is 13.3. The molecule has 1 saturated heterocycles. The summed E-state index contributed by atoms with van der Waals surface area (Å²) in [6.07, 6.45) is 10.7. The van der Waals surface area contributed by atoms with Gasteiger partial charge in [-0.2, -0.15) is 0 Å². The maximum atomic E-state index is 10.9. The second-order valence-corrected chi connectivity index (χ2v) is 6.61. The number of hydrogen-bond acceptors (Lipinski definition) is 4. The highest BCUT2D eigenvalue weighted by Crippen LogP contribution is 2.51. The van der Waals surface area contributed by atoms with Gasteiger partial charge in [-0.15, -0.1) is 0 Å². The summed E-state index contributed by atoms with van der Waals surface area (Å²) in [4.78, 5) is 10.9. The molecule has 1 heterocycles. The van der Waals surface area contributed by atoms with Gasteiger partial charge >= 0.3 is 5.97 Å². The van der Waals surface area contributed by atoms with Gasteiger partial charge in [0, 0.05) is 17.9 Å². The average molecular weight is 294 g/mol. The Balaban J connectivity index is 1.60. The number of carbonyl (C=O) groups is 1. The SMILES string of the molecule is COC(=O)/C=C\CCCC/C=C1\CC12OCC(C)(C)CO2. The van der Waals surface area contributed by atoms with Gasteiger partial charge in [0.2, 0.25) is 0 Å². The molecule has 0 aromatic rings. The van der Waals surface area contributed by atoms with E-state index >= 15 is 0 Å². The Kier molecular flexibility index (Phi) is 5.22. The average Bonchev–Trinajstić information content (AvgIpc) is 3.14. The summed E-state index contributed by atoms with van der Waals surface area (Å²) in [5, 5.41) is 0. The molecule has 1 spiro atoms. The smallest absolute Gasteiger partial charge is 0.330 e. The second-order valence-electron chi connectivity index (χ2n) is 6.61. The van der Waals surface area contributed by atoms with E-state index in [1.165, 1.54) is 18.8 Å². The van der Waals surface area contributed by atoms with Crippen LogP contribution in [0.15, 0.2) is 23.8 Å². The van der Waals surface area contributed by atoms with Gasteiger partial charge < -0.3 is 14.2 Å². The fraction of sp³-hybridized carbons (Fsp3) is 0.706. The first-order valence-corrected chi connectivity index (χ1v) is 7.69.